The van der Waals surface area contributed by atoms with Crippen molar-refractivity contribution in [3.63, 3.8) is 0 Å². The number of carbonyl (C=O) groups excluding carboxylic acids is 1. The summed E-state index contributed by atoms with van der Waals surface area (Å²) in [6.07, 6.45) is 0. The van der Waals surface area contributed by atoms with E-state index >= 15 is 0 Å². The fourth-order valence-corrected chi connectivity index (χ4v) is 3.27. The number of hydrogen-bond donors (Lipinski definition) is 2. The van der Waals surface area contributed by atoms with Gasteiger partial charge in [0.1, 0.15) is 6.04 Å². The summed E-state index contributed by atoms with van der Waals surface area (Å²) in [5, 5.41) is 17.9. The maximum absolute atomic E-state index is 12.5. The van der Waals surface area contributed by atoms with Crippen LogP contribution in [0.1, 0.15) is 17.3 Å². The average Bonchev–Trinajstić information content (AvgIpc) is 2.59. The first-order chi connectivity index (χ1) is 11.6. The Morgan fingerprint density at radius 2 is 1.46 bits per heavy atom. The molecule has 0 bridgehead atoms. The van der Waals surface area contributed by atoms with E-state index in [4.69, 9.17) is 5.11 Å². The highest BCUT2D eigenvalue weighted by Crippen LogP contribution is 2.35. The first-order valence-electron chi connectivity index (χ1n) is 7.76. The third kappa shape index (κ3) is 2.07. The Balaban J connectivity index is 1.97. The van der Waals surface area contributed by atoms with Crippen LogP contribution in [0.25, 0.3) is 32.3 Å². The second kappa shape index (κ2) is 5.20. The van der Waals surface area contributed by atoms with Crippen LogP contribution in [0.15, 0.2) is 54.6 Å². The Morgan fingerprint density at radius 3 is 2.12 bits per heavy atom. The molecule has 0 fully saturated rings. The van der Waals surface area contributed by atoms with Crippen LogP contribution >= 0.6 is 0 Å². The van der Waals surface area contributed by atoms with E-state index in [0.717, 1.165) is 32.3 Å². The molecule has 0 saturated carbocycles. The minimum atomic E-state index is -1.05. The number of carbonyl (C=O) groups is 2. The van der Waals surface area contributed by atoms with E-state index in [1.165, 1.54) is 6.92 Å². The van der Waals surface area contributed by atoms with E-state index in [1.807, 2.05) is 30.3 Å². The minimum Gasteiger partial charge on any atom is -0.480 e. The zero-order valence-corrected chi connectivity index (χ0v) is 13.0. The molecule has 0 aromatic heterocycles. The van der Waals surface area contributed by atoms with E-state index in [2.05, 4.69) is 23.5 Å². The van der Waals surface area contributed by atoms with Crippen molar-refractivity contribution < 1.29 is 14.7 Å². The molecule has 24 heavy (non-hydrogen) atoms. The van der Waals surface area contributed by atoms with Crippen LogP contribution in [0.2, 0.25) is 0 Å². The van der Waals surface area contributed by atoms with Crippen molar-refractivity contribution in [1.82, 2.24) is 5.32 Å². The number of hydrogen-bond acceptors (Lipinski definition) is 2. The van der Waals surface area contributed by atoms with E-state index < -0.39 is 12.0 Å². The van der Waals surface area contributed by atoms with Crippen molar-refractivity contribution in [1.29, 1.82) is 0 Å². The van der Waals surface area contributed by atoms with Crippen molar-refractivity contribution >= 4 is 44.2 Å². The van der Waals surface area contributed by atoms with Gasteiger partial charge in [0.15, 0.2) is 0 Å². The summed E-state index contributed by atoms with van der Waals surface area (Å²) in [5.74, 6) is -1.43. The third-order valence-corrected chi connectivity index (χ3v) is 4.49. The zero-order chi connectivity index (χ0) is 16.8. The largest absolute Gasteiger partial charge is 0.480 e. The molecular weight excluding hydrogens is 302 g/mol. The third-order valence-electron chi connectivity index (χ3n) is 4.49. The lowest BCUT2D eigenvalue weighted by Gasteiger charge is -2.15. The summed E-state index contributed by atoms with van der Waals surface area (Å²) in [4.78, 5) is 23.5. The normalized spacial score (nSPS) is 12.7. The summed E-state index contributed by atoms with van der Waals surface area (Å²) < 4.78 is 0. The molecule has 4 aromatic rings. The SMILES string of the molecule is C[C@H](NC(=O)c1ccc2ccc3cccc4ccc1c2c34)C(=O)O. The van der Waals surface area contributed by atoms with Gasteiger partial charge in [-0.1, -0.05) is 48.5 Å². The van der Waals surface area contributed by atoms with E-state index in [0.29, 0.717) is 5.56 Å². The summed E-state index contributed by atoms with van der Waals surface area (Å²) in [5.41, 5.74) is 0.494. The smallest absolute Gasteiger partial charge is 0.325 e. The first-order valence-corrected chi connectivity index (χ1v) is 7.76. The molecule has 0 spiro atoms. The van der Waals surface area contributed by atoms with Crippen molar-refractivity contribution in [2.75, 3.05) is 0 Å². The molecular formula is C20H15NO3. The van der Waals surface area contributed by atoms with Gasteiger partial charge in [-0.05, 0) is 45.3 Å². The fourth-order valence-electron chi connectivity index (χ4n) is 3.27. The number of carboxylic acid groups (broad SMARTS) is 1. The Bertz CT molecular complexity index is 1080. The van der Waals surface area contributed by atoms with Gasteiger partial charge in [-0.25, -0.2) is 0 Å². The molecule has 4 heteroatoms. The van der Waals surface area contributed by atoms with Crippen LogP contribution in [0.3, 0.4) is 0 Å². The first kappa shape index (κ1) is 14.5. The van der Waals surface area contributed by atoms with E-state index in [1.54, 1.807) is 6.07 Å². The van der Waals surface area contributed by atoms with Gasteiger partial charge in [-0.15, -0.1) is 0 Å². The van der Waals surface area contributed by atoms with Gasteiger partial charge in [0.05, 0.1) is 0 Å². The Hall–Kier alpha value is -3.14. The van der Waals surface area contributed by atoms with Gasteiger partial charge in [0.2, 0.25) is 0 Å². The number of rotatable bonds is 3. The number of aliphatic carboxylic acids is 1. The van der Waals surface area contributed by atoms with E-state index in [9.17, 15) is 9.59 Å². The molecule has 4 nitrogen and oxygen atoms in total. The van der Waals surface area contributed by atoms with E-state index in [-0.39, 0.29) is 5.91 Å². The molecule has 0 radical (unpaired) electrons. The van der Waals surface area contributed by atoms with Gasteiger partial charge in [0.25, 0.3) is 5.91 Å². The fraction of sp³-hybridized carbons (Fsp3) is 0.100. The van der Waals surface area contributed by atoms with Gasteiger partial charge in [0, 0.05) is 5.56 Å². The second-order valence-corrected chi connectivity index (χ2v) is 6.00. The highest BCUT2D eigenvalue weighted by molar-refractivity contribution is 6.26. The summed E-state index contributed by atoms with van der Waals surface area (Å²) in [6, 6.07) is 16.9. The number of carboxylic acids is 1. The molecule has 0 aliphatic heterocycles. The molecule has 0 aliphatic carbocycles. The van der Waals surface area contributed by atoms with Crippen LogP contribution in [0.4, 0.5) is 0 Å². The molecule has 118 valence electrons. The lowest BCUT2D eigenvalue weighted by molar-refractivity contribution is -0.138. The number of amides is 1. The van der Waals surface area contributed by atoms with Crippen LogP contribution in [0.5, 0.6) is 0 Å². The molecule has 0 saturated heterocycles. The number of nitrogens with one attached hydrogen (secondary N) is 1. The maximum Gasteiger partial charge on any atom is 0.325 e. The minimum absolute atomic E-state index is 0.372. The second-order valence-electron chi connectivity index (χ2n) is 6.00. The Labute approximate surface area is 138 Å². The molecule has 2 N–H and O–H groups in total. The highest BCUT2D eigenvalue weighted by Gasteiger charge is 2.18. The van der Waals surface area contributed by atoms with Crippen LogP contribution in [-0.2, 0) is 4.79 Å². The average molecular weight is 317 g/mol. The van der Waals surface area contributed by atoms with Crippen LogP contribution in [0, 0.1) is 0 Å². The summed E-state index contributed by atoms with van der Waals surface area (Å²) in [7, 11) is 0. The van der Waals surface area contributed by atoms with Gasteiger partial charge in [-0.3, -0.25) is 9.59 Å². The predicted molar refractivity (Wildman–Crippen MR) is 94.7 cm³/mol. The van der Waals surface area contributed by atoms with Crippen LogP contribution < -0.4 is 5.32 Å². The topological polar surface area (TPSA) is 66.4 Å². The summed E-state index contributed by atoms with van der Waals surface area (Å²) in [6.45, 7) is 1.45. The molecule has 0 heterocycles. The Kier molecular flexibility index (Phi) is 3.13. The van der Waals surface area contributed by atoms with Gasteiger partial charge in [-0.2, -0.15) is 0 Å². The molecule has 0 unspecified atom stereocenters. The number of benzene rings is 4. The Morgan fingerprint density at radius 1 is 0.875 bits per heavy atom. The highest BCUT2D eigenvalue weighted by atomic mass is 16.4. The van der Waals surface area contributed by atoms with Gasteiger partial charge >= 0.3 is 5.97 Å². The van der Waals surface area contributed by atoms with Crippen molar-refractivity contribution in [2.45, 2.75) is 13.0 Å². The molecule has 1 amide bonds. The monoisotopic (exact) mass is 317 g/mol. The molecule has 4 aromatic carbocycles. The molecule has 1 atom stereocenters. The predicted octanol–water partition coefficient (Wildman–Crippen LogP) is 3.79. The lowest BCUT2D eigenvalue weighted by Crippen LogP contribution is -2.38. The summed E-state index contributed by atoms with van der Waals surface area (Å²) >= 11 is 0. The lowest BCUT2D eigenvalue weighted by atomic mass is 9.92. The van der Waals surface area contributed by atoms with Crippen molar-refractivity contribution in [3.8, 4) is 0 Å². The van der Waals surface area contributed by atoms with Crippen molar-refractivity contribution in [3.05, 3.63) is 60.2 Å². The molecule has 0 aliphatic rings. The quantitative estimate of drug-likeness (QED) is 0.565. The maximum atomic E-state index is 12.5. The van der Waals surface area contributed by atoms with Crippen LogP contribution in [-0.4, -0.2) is 23.0 Å². The zero-order valence-electron chi connectivity index (χ0n) is 13.0. The van der Waals surface area contributed by atoms with Crippen molar-refractivity contribution in [2.24, 2.45) is 0 Å². The molecule has 4 rings (SSSR count). The van der Waals surface area contributed by atoms with Gasteiger partial charge < -0.3 is 10.4 Å². The standard InChI is InChI=1S/C20H15NO3/c1-11(20(23)24)21-19(22)16-10-8-14-6-5-12-3-2-4-13-7-9-15(16)18(14)17(12)13/h2-11H,1H3,(H,21,22)(H,23,24)/t11-/m0/s1.